The van der Waals surface area contributed by atoms with E-state index in [9.17, 15) is 19.2 Å². The number of benzene rings is 6. The average Bonchev–Trinajstić information content (AvgIpc) is 3.12. The van der Waals surface area contributed by atoms with E-state index in [1.807, 2.05) is 42.5 Å². The second kappa shape index (κ2) is 11.6. The van der Waals surface area contributed by atoms with Crippen LogP contribution in [-0.4, -0.2) is 23.1 Å². The molecule has 4 nitrogen and oxygen atoms in total. The van der Waals surface area contributed by atoms with Crippen molar-refractivity contribution in [1.82, 2.24) is 0 Å². The van der Waals surface area contributed by atoms with Gasteiger partial charge in [-0.05, 0) is 22.4 Å². The highest BCUT2D eigenvalue weighted by molar-refractivity contribution is 6.40. The van der Waals surface area contributed by atoms with Crippen LogP contribution in [0.3, 0.4) is 0 Å². The van der Waals surface area contributed by atoms with Crippen LogP contribution in [0.2, 0.25) is 0 Å². The number of ketones is 4. The van der Waals surface area contributed by atoms with Crippen molar-refractivity contribution in [3.05, 3.63) is 196 Å². The van der Waals surface area contributed by atoms with E-state index >= 15 is 0 Å². The van der Waals surface area contributed by atoms with Gasteiger partial charge in [0.15, 0.2) is 23.1 Å². The lowest BCUT2D eigenvalue weighted by Crippen LogP contribution is -2.28. The van der Waals surface area contributed by atoms with Crippen LogP contribution in [0.1, 0.15) is 64.0 Å². The van der Waals surface area contributed by atoms with E-state index in [0.29, 0.717) is 44.3 Å². The van der Waals surface area contributed by atoms with Gasteiger partial charge in [0.1, 0.15) is 0 Å². The molecule has 1 aliphatic carbocycles. The summed E-state index contributed by atoms with van der Waals surface area (Å²) in [7, 11) is 0. The third kappa shape index (κ3) is 4.83. The Balaban J connectivity index is 1.63. The van der Waals surface area contributed by atoms with E-state index in [0.717, 1.165) is 5.39 Å². The Morgan fingerprint density at radius 3 is 1.47 bits per heavy atom. The standard InChI is InChI=1S/C41H26O4/c42-38(27-14-5-1-6-15-27)32-25-24-26-22-13-23-31-33(26)34(32)36(40(44)29-18-9-3-10-19-29)37(41(45)30-20-11-4-12-21-30)35(31)39(43)28-16-7-2-8-17-28/h1-25,35H. The van der Waals surface area contributed by atoms with Gasteiger partial charge in [0.25, 0.3) is 0 Å². The molecule has 0 amide bonds. The molecule has 214 valence electrons. The largest absolute Gasteiger partial charge is 0.293 e. The molecule has 0 saturated carbocycles. The third-order valence-corrected chi connectivity index (χ3v) is 8.34. The summed E-state index contributed by atoms with van der Waals surface area (Å²) in [4.78, 5) is 58.3. The van der Waals surface area contributed by atoms with Crippen LogP contribution in [0, 0.1) is 0 Å². The minimum absolute atomic E-state index is 0.0669. The number of carbonyl (C=O) groups is 4. The van der Waals surface area contributed by atoms with E-state index in [1.54, 1.807) is 109 Å². The summed E-state index contributed by atoms with van der Waals surface area (Å²) in [6, 6.07) is 44.2. The monoisotopic (exact) mass is 582 g/mol. The normalized spacial score (nSPS) is 13.8. The van der Waals surface area contributed by atoms with E-state index in [-0.39, 0.29) is 22.7 Å². The second-order valence-corrected chi connectivity index (χ2v) is 11.0. The van der Waals surface area contributed by atoms with Crippen LogP contribution in [-0.2, 0) is 0 Å². The highest BCUT2D eigenvalue weighted by Crippen LogP contribution is 2.48. The minimum Gasteiger partial charge on any atom is -0.293 e. The molecule has 45 heavy (non-hydrogen) atoms. The van der Waals surface area contributed by atoms with Crippen molar-refractivity contribution in [2.45, 2.75) is 5.92 Å². The first-order valence-electron chi connectivity index (χ1n) is 14.7. The second-order valence-electron chi connectivity index (χ2n) is 11.0. The van der Waals surface area contributed by atoms with E-state index < -0.39 is 17.5 Å². The molecule has 4 heteroatoms. The Morgan fingerprint density at radius 1 is 0.422 bits per heavy atom. The summed E-state index contributed by atoms with van der Waals surface area (Å²) in [5.41, 5.74) is 2.98. The summed E-state index contributed by atoms with van der Waals surface area (Å²) in [5.74, 6) is -2.52. The zero-order valence-corrected chi connectivity index (χ0v) is 24.1. The molecular weight excluding hydrogens is 556 g/mol. The van der Waals surface area contributed by atoms with E-state index in [1.165, 1.54) is 0 Å². The lowest BCUT2D eigenvalue weighted by molar-refractivity contribution is 0.0939. The highest BCUT2D eigenvalue weighted by Gasteiger charge is 2.42. The molecule has 0 saturated heterocycles. The maximum absolute atomic E-state index is 14.8. The molecule has 0 spiro atoms. The molecule has 1 unspecified atom stereocenters. The van der Waals surface area contributed by atoms with E-state index in [4.69, 9.17) is 0 Å². The number of hydrogen-bond donors (Lipinski definition) is 0. The molecule has 0 heterocycles. The van der Waals surface area contributed by atoms with Crippen molar-refractivity contribution >= 4 is 39.5 Å². The molecule has 7 rings (SSSR count). The van der Waals surface area contributed by atoms with Gasteiger partial charge in [0, 0.05) is 44.5 Å². The fraction of sp³-hybridized carbons (Fsp3) is 0.0244. The molecule has 0 N–H and O–H groups in total. The van der Waals surface area contributed by atoms with Crippen molar-refractivity contribution in [3.63, 3.8) is 0 Å². The van der Waals surface area contributed by atoms with Crippen molar-refractivity contribution in [1.29, 1.82) is 0 Å². The van der Waals surface area contributed by atoms with Gasteiger partial charge in [-0.1, -0.05) is 146 Å². The Labute approximate surface area is 260 Å². The Morgan fingerprint density at radius 2 is 0.911 bits per heavy atom. The van der Waals surface area contributed by atoms with Gasteiger partial charge in [-0.15, -0.1) is 0 Å². The molecule has 6 aromatic rings. The maximum atomic E-state index is 14.8. The van der Waals surface area contributed by atoms with Crippen molar-refractivity contribution < 1.29 is 19.2 Å². The lowest BCUT2D eigenvalue weighted by Gasteiger charge is -2.31. The quantitative estimate of drug-likeness (QED) is 0.169. The van der Waals surface area contributed by atoms with Crippen molar-refractivity contribution in [3.8, 4) is 0 Å². The average molecular weight is 583 g/mol. The maximum Gasteiger partial charge on any atom is 0.194 e. The number of hydrogen-bond acceptors (Lipinski definition) is 4. The third-order valence-electron chi connectivity index (χ3n) is 8.34. The Kier molecular flexibility index (Phi) is 7.16. The summed E-state index contributed by atoms with van der Waals surface area (Å²) in [5, 5.41) is 1.39. The molecule has 6 aromatic carbocycles. The predicted molar refractivity (Wildman–Crippen MR) is 176 cm³/mol. The number of Topliss-reactive ketones (excluding diaryl/α,β-unsaturated/α-hetero) is 3. The fourth-order valence-electron chi connectivity index (χ4n) is 6.28. The molecule has 0 bridgehead atoms. The van der Waals surface area contributed by atoms with Gasteiger partial charge < -0.3 is 0 Å². The van der Waals surface area contributed by atoms with Gasteiger partial charge in [-0.3, -0.25) is 19.2 Å². The smallest absolute Gasteiger partial charge is 0.194 e. The van der Waals surface area contributed by atoms with Crippen LogP contribution in [0.25, 0.3) is 16.3 Å². The molecule has 0 aromatic heterocycles. The van der Waals surface area contributed by atoms with E-state index in [2.05, 4.69) is 0 Å². The zero-order valence-electron chi connectivity index (χ0n) is 24.1. The van der Waals surface area contributed by atoms with Crippen LogP contribution in [0.15, 0.2) is 157 Å². The first kappa shape index (κ1) is 27.8. The van der Waals surface area contributed by atoms with Crippen LogP contribution in [0.5, 0.6) is 0 Å². The molecule has 1 aliphatic rings. The Hall–Kier alpha value is -6.00. The van der Waals surface area contributed by atoms with Crippen LogP contribution in [0.4, 0.5) is 0 Å². The number of allylic oxidation sites excluding steroid dienone is 2. The van der Waals surface area contributed by atoms with Gasteiger partial charge in [-0.25, -0.2) is 0 Å². The fourth-order valence-corrected chi connectivity index (χ4v) is 6.28. The van der Waals surface area contributed by atoms with Crippen LogP contribution < -0.4 is 0 Å². The number of carbonyl (C=O) groups excluding carboxylic acids is 4. The molecular formula is C41H26O4. The minimum atomic E-state index is -1.08. The lowest BCUT2D eigenvalue weighted by atomic mass is 9.69. The summed E-state index contributed by atoms with van der Waals surface area (Å²) in [6.45, 7) is 0. The first-order valence-corrected chi connectivity index (χ1v) is 14.7. The first-order chi connectivity index (χ1) is 22.0. The number of rotatable bonds is 8. The SMILES string of the molecule is O=C(C1=C(C(=O)c2ccccc2)C(C(=O)c2ccccc2)c2cccc3ccc(C(=O)c4ccccc4)c1c23)c1ccccc1. The summed E-state index contributed by atoms with van der Waals surface area (Å²) >= 11 is 0. The van der Waals surface area contributed by atoms with Crippen molar-refractivity contribution in [2.24, 2.45) is 0 Å². The zero-order chi connectivity index (χ0) is 30.9. The molecule has 0 fully saturated rings. The van der Waals surface area contributed by atoms with Gasteiger partial charge in [0.05, 0.1) is 5.92 Å². The van der Waals surface area contributed by atoms with Gasteiger partial charge >= 0.3 is 0 Å². The molecule has 1 atom stereocenters. The summed E-state index contributed by atoms with van der Waals surface area (Å²) in [6.07, 6.45) is 0. The molecule has 0 aliphatic heterocycles. The van der Waals surface area contributed by atoms with Crippen molar-refractivity contribution in [2.75, 3.05) is 0 Å². The summed E-state index contributed by atoms with van der Waals surface area (Å²) < 4.78 is 0. The van der Waals surface area contributed by atoms with Crippen LogP contribution >= 0.6 is 0 Å². The van der Waals surface area contributed by atoms with Gasteiger partial charge in [-0.2, -0.15) is 0 Å². The topological polar surface area (TPSA) is 68.3 Å². The predicted octanol–water partition coefficient (Wildman–Crippen LogP) is 8.57. The highest BCUT2D eigenvalue weighted by atomic mass is 16.1. The Bertz CT molecular complexity index is 2150. The van der Waals surface area contributed by atoms with Gasteiger partial charge in [0.2, 0.25) is 0 Å². The molecule has 0 radical (unpaired) electrons.